The van der Waals surface area contributed by atoms with E-state index < -0.39 is 0 Å². The molecule has 1 aromatic rings. The topological polar surface area (TPSA) is 32.3 Å². The van der Waals surface area contributed by atoms with Gasteiger partial charge in [-0.2, -0.15) is 0 Å². The van der Waals surface area contributed by atoms with Crippen LogP contribution in [0.3, 0.4) is 0 Å². The number of nitrogens with one attached hydrogen (secondary N) is 1. The van der Waals surface area contributed by atoms with Crippen molar-refractivity contribution in [3.63, 3.8) is 0 Å². The van der Waals surface area contributed by atoms with E-state index in [0.29, 0.717) is 33.7 Å². The Morgan fingerprint density at radius 3 is 2.50 bits per heavy atom. The first-order valence-corrected chi connectivity index (χ1v) is 6.67. The Bertz CT molecular complexity index is 438. The third-order valence-corrected chi connectivity index (χ3v) is 3.81. The molecule has 0 heterocycles. The van der Waals surface area contributed by atoms with E-state index in [9.17, 15) is 4.79 Å². The van der Waals surface area contributed by atoms with Crippen molar-refractivity contribution in [2.75, 3.05) is 20.1 Å². The van der Waals surface area contributed by atoms with Gasteiger partial charge in [0.15, 0.2) is 0 Å². The number of hydrogen-bond acceptors (Lipinski definition) is 2. The summed E-state index contributed by atoms with van der Waals surface area (Å²) in [6, 6.07) is 3.33. The minimum atomic E-state index is 0.0202. The minimum Gasteiger partial charge on any atom is -0.345 e. The van der Waals surface area contributed by atoms with Crippen LogP contribution in [0.15, 0.2) is 12.1 Å². The molecule has 0 radical (unpaired) electrons. The standard InChI is InChI=1S/C12H15Cl3N2O/c1-3-17(2)11(18)7-16-6-8-9(13)4-5-10(14)12(8)15/h4-5,16H,3,6-7H2,1-2H3. The van der Waals surface area contributed by atoms with E-state index in [-0.39, 0.29) is 12.5 Å². The molecule has 0 bridgehead atoms. The van der Waals surface area contributed by atoms with E-state index in [4.69, 9.17) is 34.8 Å². The molecule has 1 rings (SSSR count). The number of halogens is 3. The van der Waals surface area contributed by atoms with Crippen molar-refractivity contribution < 1.29 is 4.79 Å². The van der Waals surface area contributed by atoms with Crippen molar-refractivity contribution >= 4 is 40.7 Å². The molecule has 6 heteroatoms. The summed E-state index contributed by atoms with van der Waals surface area (Å²) in [4.78, 5) is 13.2. The predicted molar refractivity (Wildman–Crippen MR) is 76.5 cm³/mol. The second kappa shape index (κ2) is 7.19. The van der Waals surface area contributed by atoms with Gasteiger partial charge in [-0.15, -0.1) is 0 Å². The maximum Gasteiger partial charge on any atom is 0.236 e. The van der Waals surface area contributed by atoms with Gasteiger partial charge in [-0.3, -0.25) is 4.79 Å². The van der Waals surface area contributed by atoms with Crippen LogP contribution in [-0.4, -0.2) is 30.9 Å². The predicted octanol–water partition coefficient (Wildman–Crippen LogP) is 3.21. The quantitative estimate of drug-likeness (QED) is 0.847. The second-order valence-electron chi connectivity index (χ2n) is 3.83. The summed E-state index contributed by atoms with van der Waals surface area (Å²) in [5, 5.41) is 4.42. The number of amides is 1. The van der Waals surface area contributed by atoms with Crippen molar-refractivity contribution in [3.8, 4) is 0 Å². The Balaban J connectivity index is 2.60. The smallest absolute Gasteiger partial charge is 0.236 e. The van der Waals surface area contributed by atoms with Crippen molar-refractivity contribution in [2.45, 2.75) is 13.5 Å². The van der Waals surface area contributed by atoms with Crippen molar-refractivity contribution in [3.05, 3.63) is 32.8 Å². The molecule has 0 aliphatic heterocycles. The lowest BCUT2D eigenvalue weighted by atomic mass is 10.2. The molecule has 0 atom stereocenters. The summed E-state index contributed by atoms with van der Waals surface area (Å²) in [6.45, 7) is 3.24. The molecular weight excluding hydrogens is 295 g/mol. The molecule has 0 aromatic heterocycles. The van der Waals surface area contributed by atoms with Gasteiger partial charge in [-0.05, 0) is 19.1 Å². The van der Waals surface area contributed by atoms with E-state index in [1.54, 1.807) is 24.1 Å². The molecule has 1 aromatic carbocycles. The third kappa shape index (κ3) is 4.02. The molecule has 0 aliphatic carbocycles. The third-order valence-electron chi connectivity index (χ3n) is 2.62. The lowest BCUT2D eigenvalue weighted by Crippen LogP contribution is -2.35. The number of rotatable bonds is 5. The number of nitrogens with zero attached hydrogens (tertiary/aromatic N) is 1. The van der Waals surface area contributed by atoms with Crippen LogP contribution in [0.1, 0.15) is 12.5 Å². The lowest BCUT2D eigenvalue weighted by molar-refractivity contribution is -0.128. The molecule has 0 saturated carbocycles. The highest BCUT2D eigenvalue weighted by Crippen LogP contribution is 2.31. The van der Waals surface area contributed by atoms with Gasteiger partial charge in [-0.25, -0.2) is 0 Å². The van der Waals surface area contributed by atoms with Gasteiger partial charge in [0.1, 0.15) is 0 Å². The average Bonchev–Trinajstić information content (AvgIpc) is 2.36. The molecule has 0 saturated heterocycles. The molecular formula is C12H15Cl3N2O. The maximum atomic E-state index is 11.6. The second-order valence-corrected chi connectivity index (χ2v) is 5.03. The van der Waals surface area contributed by atoms with Gasteiger partial charge >= 0.3 is 0 Å². The molecule has 1 N–H and O–H groups in total. The number of benzene rings is 1. The normalized spacial score (nSPS) is 10.5. The zero-order valence-electron chi connectivity index (χ0n) is 10.3. The van der Waals surface area contributed by atoms with Crippen LogP contribution in [0.25, 0.3) is 0 Å². The summed E-state index contributed by atoms with van der Waals surface area (Å²) < 4.78 is 0. The van der Waals surface area contributed by atoms with Crippen LogP contribution in [-0.2, 0) is 11.3 Å². The summed E-state index contributed by atoms with van der Waals surface area (Å²) >= 11 is 18.0. The Hall–Kier alpha value is -0.480. The highest BCUT2D eigenvalue weighted by molar-refractivity contribution is 6.44. The highest BCUT2D eigenvalue weighted by atomic mass is 35.5. The molecule has 0 aliphatic rings. The summed E-state index contributed by atoms with van der Waals surface area (Å²) in [5.74, 6) is 0.0202. The first kappa shape index (κ1) is 15.6. The van der Waals surface area contributed by atoms with E-state index in [0.717, 1.165) is 0 Å². The van der Waals surface area contributed by atoms with Crippen molar-refractivity contribution in [1.82, 2.24) is 10.2 Å². The Morgan fingerprint density at radius 2 is 1.89 bits per heavy atom. The van der Waals surface area contributed by atoms with Gasteiger partial charge < -0.3 is 10.2 Å². The number of hydrogen-bond donors (Lipinski definition) is 1. The zero-order valence-corrected chi connectivity index (χ0v) is 12.5. The van der Waals surface area contributed by atoms with Crippen LogP contribution in [0.5, 0.6) is 0 Å². The van der Waals surface area contributed by atoms with Gasteiger partial charge in [0, 0.05) is 30.7 Å². The van der Waals surface area contributed by atoms with Crippen LogP contribution < -0.4 is 5.32 Å². The van der Waals surface area contributed by atoms with Gasteiger partial charge in [-0.1, -0.05) is 34.8 Å². The maximum absolute atomic E-state index is 11.6. The van der Waals surface area contributed by atoms with Crippen molar-refractivity contribution in [2.24, 2.45) is 0 Å². The zero-order chi connectivity index (χ0) is 13.7. The SMILES string of the molecule is CCN(C)C(=O)CNCc1c(Cl)ccc(Cl)c1Cl. The van der Waals surface area contributed by atoms with Crippen molar-refractivity contribution in [1.29, 1.82) is 0 Å². The highest BCUT2D eigenvalue weighted by Gasteiger charge is 2.11. The molecule has 100 valence electrons. The number of carbonyl (C=O) groups is 1. The molecule has 1 amide bonds. The Kier molecular flexibility index (Phi) is 6.22. The molecule has 3 nitrogen and oxygen atoms in total. The fourth-order valence-corrected chi connectivity index (χ4v) is 2.02. The van der Waals surface area contributed by atoms with Crippen LogP contribution >= 0.6 is 34.8 Å². The van der Waals surface area contributed by atoms with E-state index >= 15 is 0 Å². The van der Waals surface area contributed by atoms with E-state index in [2.05, 4.69) is 5.32 Å². The first-order chi connectivity index (χ1) is 8.47. The molecule has 0 unspecified atom stereocenters. The van der Waals surface area contributed by atoms with Gasteiger partial charge in [0.2, 0.25) is 5.91 Å². The fourth-order valence-electron chi connectivity index (χ4n) is 1.34. The van der Waals surface area contributed by atoms with Gasteiger partial charge in [0.05, 0.1) is 16.6 Å². The minimum absolute atomic E-state index is 0.0202. The fraction of sp³-hybridized carbons (Fsp3) is 0.417. The monoisotopic (exact) mass is 308 g/mol. The van der Waals surface area contributed by atoms with Crippen LogP contribution in [0.4, 0.5) is 0 Å². The lowest BCUT2D eigenvalue weighted by Gasteiger charge is -2.15. The molecule has 0 spiro atoms. The number of likely N-dealkylation sites (N-methyl/N-ethyl adjacent to an activating group) is 1. The van der Waals surface area contributed by atoms with Crippen LogP contribution in [0, 0.1) is 0 Å². The van der Waals surface area contributed by atoms with E-state index in [1.165, 1.54) is 0 Å². The Labute approximate surface area is 122 Å². The summed E-state index contributed by atoms with van der Waals surface area (Å²) in [7, 11) is 1.75. The summed E-state index contributed by atoms with van der Waals surface area (Å²) in [5.41, 5.74) is 0.706. The first-order valence-electron chi connectivity index (χ1n) is 5.54. The molecule has 0 fully saturated rings. The number of carbonyl (C=O) groups excluding carboxylic acids is 1. The van der Waals surface area contributed by atoms with Crippen LogP contribution in [0.2, 0.25) is 15.1 Å². The summed E-state index contributed by atoms with van der Waals surface area (Å²) in [6.07, 6.45) is 0. The van der Waals surface area contributed by atoms with E-state index in [1.807, 2.05) is 6.92 Å². The average molecular weight is 310 g/mol. The Morgan fingerprint density at radius 1 is 1.28 bits per heavy atom. The van der Waals surface area contributed by atoms with Gasteiger partial charge in [0.25, 0.3) is 0 Å². The molecule has 18 heavy (non-hydrogen) atoms. The largest absolute Gasteiger partial charge is 0.345 e.